The molecule has 0 unspecified atom stereocenters. The van der Waals surface area contributed by atoms with Gasteiger partial charge in [-0.05, 0) is 50.3 Å². The van der Waals surface area contributed by atoms with Gasteiger partial charge in [0.15, 0.2) is 0 Å². The van der Waals surface area contributed by atoms with E-state index in [1.54, 1.807) is 19.1 Å². The molecule has 2 rings (SSSR count). The Morgan fingerprint density at radius 1 is 1.27 bits per heavy atom. The van der Waals surface area contributed by atoms with Gasteiger partial charge >= 0.3 is 6.09 Å². The number of amides is 1. The molecule has 1 amide bonds. The monoisotopic (exact) mass is 311 g/mol. The lowest BCUT2D eigenvalue weighted by Gasteiger charge is -2.11. The summed E-state index contributed by atoms with van der Waals surface area (Å²) in [5, 5.41) is 9.43. The Kier molecular flexibility index (Phi) is 6.47. The third kappa shape index (κ3) is 4.88. The topological polar surface area (TPSA) is 62.4 Å². The van der Waals surface area contributed by atoms with Crippen molar-refractivity contribution in [2.75, 3.05) is 6.61 Å². The molecule has 0 atom stereocenters. The van der Waals surface area contributed by atoms with Crippen LogP contribution in [0.4, 0.5) is 4.79 Å². The van der Waals surface area contributed by atoms with Gasteiger partial charge in [0.25, 0.3) is 0 Å². The average molecular weight is 311 g/mol. The van der Waals surface area contributed by atoms with Gasteiger partial charge in [-0.25, -0.2) is 4.79 Å². The summed E-state index contributed by atoms with van der Waals surface area (Å²) in [6.45, 7) is 2.05. The third-order valence-corrected chi connectivity index (χ3v) is 3.91. The number of benzene rings is 1. The second kappa shape index (κ2) is 8.60. The van der Waals surface area contributed by atoms with Crippen molar-refractivity contribution in [3.05, 3.63) is 67.0 Å². The van der Waals surface area contributed by atoms with Crippen molar-refractivity contribution in [2.24, 2.45) is 4.99 Å². The first-order valence-corrected chi connectivity index (χ1v) is 7.81. The van der Waals surface area contributed by atoms with Gasteiger partial charge in [0.1, 0.15) is 0 Å². The molecule has 1 aliphatic carbocycles. The highest BCUT2D eigenvalue weighted by molar-refractivity contribution is 8.13. The number of ether oxygens (including phenoxy) is 1. The van der Waals surface area contributed by atoms with E-state index in [9.17, 15) is 4.79 Å². The zero-order valence-corrected chi connectivity index (χ0v) is 13.0. The highest BCUT2D eigenvalue weighted by Crippen LogP contribution is 2.31. The van der Waals surface area contributed by atoms with Crippen LogP contribution in [-0.2, 0) is 10.5 Å². The molecule has 0 aliphatic heterocycles. The second-order valence-corrected chi connectivity index (χ2v) is 5.35. The molecule has 5 radical (unpaired) electrons. The maximum absolute atomic E-state index is 11.6. The zero-order valence-electron chi connectivity index (χ0n) is 12.2. The first kappa shape index (κ1) is 16.6. The van der Waals surface area contributed by atoms with Crippen LogP contribution in [-0.4, -0.2) is 17.7 Å². The van der Waals surface area contributed by atoms with Crippen molar-refractivity contribution in [3.8, 4) is 6.07 Å². The van der Waals surface area contributed by atoms with Gasteiger partial charge in [-0.15, -0.1) is 11.8 Å². The van der Waals surface area contributed by atoms with Gasteiger partial charge in [-0.3, -0.25) is 0 Å². The second-order valence-electron chi connectivity index (χ2n) is 4.39. The number of nitrogens with zero attached hydrogens (tertiary/aromatic N) is 2. The van der Waals surface area contributed by atoms with Crippen LogP contribution in [0.3, 0.4) is 0 Å². The molecule has 0 saturated heterocycles. The molecule has 1 aromatic carbocycles. The minimum Gasteiger partial charge on any atom is -0.448 e. The Balaban J connectivity index is 2.02. The molecule has 1 aliphatic rings. The van der Waals surface area contributed by atoms with Crippen LogP contribution in [0.2, 0.25) is 0 Å². The van der Waals surface area contributed by atoms with E-state index < -0.39 is 6.09 Å². The standard InChI is InChI=1S/C17H15N2O2S/c1-2-21-17(20)19-16(15-5-3-4-6-15)22-12-14-9-7-13(11-18)8-10-14/h3-10H,2,12H2,1H3/b19-16-. The summed E-state index contributed by atoms with van der Waals surface area (Å²) in [6, 6.07) is 9.45. The SMILES string of the molecule is CCOC(=O)/N=C(\SCc1ccc(C#N)cc1)[C]1[CH][CH][CH][CH]1. The summed E-state index contributed by atoms with van der Waals surface area (Å²) < 4.78 is 4.88. The predicted molar refractivity (Wildman–Crippen MR) is 87.4 cm³/mol. The number of thioether (sulfide) groups is 1. The molecular weight excluding hydrogens is 296 g/mol. The minimum atomic E-state index is -0.578. The Morgan fingerprint density at radius 2 is 1.95 bits per heavy atom. The molecule has 0 bridgehead atoms. The molecular formula is C17H15N2O2S. The van der Waals surface area contributed by atoms with E-state index in [1.807, 2.05) is 37.8 Å². The average Bonchev–Trinajstić information content (AvgIpc) is 3.06. The maximum atomic E-state index is 11.6. The molecule has 1 saturated carbocycles. The van der Waals surface area contributed by atoms with Gasteiger partial charge in [-0.1, -0.05) is 12.1 Å². The predicted octanol–water partition coefficient (Wildman–Crippen LogP) is 3.75. The van der Waals surface area contributed by atoms with Crippen LogP contribution in [0.1, 0.15) is 18.1 Å². The number of hydrogen-bond acceptors (Lipinski definition) is 4. The van der Waals surface area contributed by atoms with Crippen molar-refractivity contribution in [2.45, 2.75) is 12.7 Å². The summed E-state index contributed by atoms with van der Waals surface area (Å²) >= 11 is 1.47. The van der Waals surface area contributed by atoms with Crippen molar-refractivity contribution in [3.63, 3.8) is 0 Å². The lowest BCUT2D eigenvalue weighted by molar-refractivity contribution is 0.163. The molecule has 0 aromatic heterocycles. The first-order valence-electron chi connectivity index (χ1n) is 6.82. The summed E-state index contributed by atoms with van der Waals surface area (Å²) in [4.78, 5) is 15.6. The van der Waals surface area contributed by atoms with Crippen LogP contribution < -0.4 is 0 Å². The lowest BCUT2D eigenvalue weighted by atomic mass is 10.1. The first-order chi connectivity index (χ1) is 10.7. The van der Waals surface area contributed by atoms with Gasteiger partial charge in [-0.2, -0.15) is 10.3 Å². The van der Waals surface area contributed by atoms with E-state index in [4.69, 9.17) is 10.00 Å². The van der Waals surface area contributed by atoms with Crippen LogP contribution in [0.5, 0.6) is 0 Å². The Labute approximate surface area is 135 Å². The fourth-order valence-electron chi connectivity index (χ4n) is 1.76. The number of nitriles is 1. The normalized spacial score (nSPS) is 15.5. The smallest absolute Gasteiger partial charge is 0.434 e. The van der Waals surface area contributed by atoms with Crippen molar-refractivity contribution >= 4 is 22.9 Å². The number of hydrogen-bond donors (Lipinski definition) is 0. The Bertz CT molecular complexity index is 569. The third-order valence-electron chi connectivity index (χ3n) is 2.83. The summed E-state index contributed by atoms with van der Waals surface area (Å²) in [5.41, 5.74) is 1.69. The number of carbonyl (C=O) groups excluding carboxylic acids is 1. The Hall–Kier alpha value is -1.80. The molecule has 22 heavy (non-hydrogen) atoms. The van der Waals surface area contributed by atoms with Crippen LogP contribution in [0.25, 0.3) is 0 Å². The highest BCUT2D eigenvalue weighted by atomic mass is 32.2. The molecule has 1 aromatic rings. The van der Waals surface area contributed by atoms with E-state index in [1.165, 1.54) is 11.8 Å². The van der Waals surface area contributed by atoms with Crippen LogP contribution >= 0.6 is 11.8 Å². The number of aliphatic imine (C=N–C) groups is 1. The summed E-state index contributed by atoms with van der Waals surface area (Å²) in [5.74, 6) is 1.56. The van der Waals surface area contributed by atoms with Gasteiger partial charge < -0.3 is 4.74 Å². The summed E-state index contributed by atoms with van der Waals surface area (Å²) in [7, 11) is 0. The van der Waals surface area contributed by atoms with Gasteiger partial charge in [0.05, 0.1) is 23.3 Å². The molecule has 0 N–H and O–H groups in total. The van der Waals surface area contributed by atoms with Crippen LogP contribution in [0.15, 0.2) is 29.3 Å². The van der Waals surface area contributed by atoms with E-state index >= 15 is 0 Å². The maximum Gasteiger partial charge on any atom is 0.434 e. The summed E-state index contributed by atoms with van der Waals surface area (Å²) in [6.07, 6.45) is 7.04. The number of carbonyl (C=O) groups is 1. The molecule has 1 fully saturated rings. The molecule has 5 heteroatoms. The largest absolute Gasteiger partial charge is 0.448 e. The van der Waals surface area contributed by atoms with Crippen molar-refractivity contribution < 1.29 is 9.53 Å². The van der Waals surface area contributed by atoms with Gasteiger partial charge in [0.2, 0.25) is 0 Å². The van der Waals surface area contributed by atoms with E-state index in [0.717, 1.165) is 11.5 Å². The highest BCUT2D eigenvalue weighted by Gasteiger charge is 2.24. The number of rotatable bonds is 4. The van der Waals surface area contributed by atoms with E-state index in [2.05, 4.69) is 11.1 Å². The quantitative estimate of drug-likeness (QED) is 0.627. The van der Waals surface area contributed by atoms with Crippen molar-refractivity contribution in [1.82, 2.24) is 0 Å². The fraction of sp³-hybridized carbons (Fsp3) is 0.176. The molecule has 0 spiro atoms. The molecule has 0 heterocycles. The van der Waals surface area contributed by atoms with Crippen LogP contribution in [0, 0.1) is 42.9 Å². The minimum absolute atomic E-state index is 0.302. The lowest BCUT2D eigenvalue weighted by Crippen LogP contribution is -2.10. The van der Waals surface area contributed by atoms with Gasteiger partial charge in [0, 0.05) is 11.7 Å². The van der Waals surface area contributed by atoms with Crippen molar-refractivity contribution in [1.29, 1.82) is 5.26 Å². The van der Waals surface area contributed by atoms with E-state index in [-0.39, 0.29) is 0 Å². The molecule has 4 nitrogen and oxygen atoms in total. The zero-order chi connectivity index (χ0) is 15.8. The molecule has 111 valence electrons. The Morgan fingerprint density at radius 3 is 2.55 bits per heavy atom. The van der Waals surface area contributed by atoms with E-state index in [0.29, 0.717) is 23.0 Å². The fourth-order valence-corrected chi connectivity index (χ4v) is 2.70.